The van der Waals surface area contributed by atoms with Crippen molar-refractivity contribution in [1.82, 2.24) is 9.29 Å². The van der Waals surface area contributed by atoms with Crippen LogP contribution in [0, 0.1) is 0 Å². The number of aromatic amines is 1. The first-order valence-corrected chi connectivity index (χ1v) is 8.92. The van der Waals surface area contributed by atoms with Gasteiger partial charge in [-0.3, -0.25) is 9.59 Å². The van der Waals surface area contributed by atoms with E-state index in [9.17, 15) is 18.0 Å². The van der Waals surface area contributed by atoms with Gasteiger partial charge < -0.3 is 10.3 Å². The maximum absolute atomic E-state index is 12.5. The van der Waals surface area contributed by atoms with Crippen LogP contribution in [0.3, 0.4) is 0 Å². The number of carbonyl (C=O) groups is 1. The minimum absolute atomic E-state index is 0.116. The zero-order valence-electron chi connectivity index (χ0n) is 13.4. The van der Waals surface area contributed by atoms with E-state index in [1.165, 1.54) is 34.8 Å². The lowest BCUT2D eigenvalue weighted by Gasteiger charge is -2.18. The highest BCUT2D eigenvalue weighted by atomic mass is 32.2. The van der Waals surface area contributed by atoms with Gasteiger partial charge >= 0.3 is 0 Å². The molecule has 0 spiro atoms. The fourth-order valence-corrected chi connectivity index (χ4v) is 3.71. The fraction of sp³-hybridized carbons (Fsp3) is 0.250. The quantitative estimate of drug-likeness (QED) is 0.828. The van der Waals surface area contributed by atoms with Gasteiger partial charge in [0, 0.05) is 31.0 Å². The van der Waals surface area contributed by atoms with E-state index in [2.05, 4.69) is 10.3 Å². The molecule has 1 aromatic heterocycles. The third kappa shape index (κ3) is 3.90. The smallest absolute Gasteiger partial charge is 0.257 e. The van der Waals surface area contributed by atoms with E-state index in [-0.39, 0.29) is 16.0 Å². The van der Waals surface area contributed by atoms with Crippen LogP contribution >= 0.6 is 0 Å². The minimum atomic E-state index is -3.60. The zero-order chi connectivity index (χ0) is 17.7. The molecule has 2 N–H and O–H groups in total. The molecule has 1 amide bonds. The molecule has 0 aliphatic heterocycles. The Labute approximate surface area is 140 Å². The van der Waals surface area contributed by atoms with Crippen molar-refractivity contribution in [1.29, 1.82) is 0 Å². The van der Waals surface area contributed by atoms with E-state index in [0.29, 0.717) is 18.8 Å². The summed E-state index contributed by atoms with van der Waals surface area (Å²) in [5.41, 5.74) is 0.324. The largest absolute Gasteiger partial charge is 0.328 e. The second-order valence-corrected chi connectivity index (χ2v) is 6.95. The maximum Gasteiger partial charge on any atom is 0.257 e. The van der Waals surface area contributed by atoms with Crippen molar-refractivity contribution in [3.8, 4) is 0 Å². The lowest BCUT2D eigenvalue weighted by atomic mass is 10.2. The van der Waals surface area contributed by atoms with Crippen LogP contribution in [0.2, 0.25) is 0 Å². The van der Waals surface area contributed by atoms with E-state index in [0.717, 1.165) is 0 Å². The third-order valence-electron chi connectivity index (χ3n) is 3.48. The molecule has 2 aromatic rings. The topological polar surface area (TPSA) is 99.3 Å². The molecule has 1 aromatic carbocycles. The second kappa shape index (κ2) is 7.41. The van der Waals surface area contributed by atoms with Crippen molar-refractivity contribution < 1.29 is 13.2 Å². The van der Waals surface area contributed by atoms with Gasteiger partial charge in [-0.15, -0.1) is 0 Å². The summed E-state index contributed by atoms with van der Waals surface area (Å²) in [5.74, 6) is -0.441. The van der Waals surface area contributed by atoms with Crippen LogP contribution in [-0.2, 0) is 10.0 Å². The maximum atomic E-state index is 12.5. The van der Waals surface area contributed by atoms with Gasteiger partial charge in [0.05, 0.1) is 10.5 Å². The predicted molar refractivity (Wildman–Crippen MR) is 91.6 cm³/mol. The Morgan fingerprint density at radius 1 is 1.17 bits per heavy atom. The summed E-state index contributed by atoms with van der Waals surface area (Å²) in [6.45, 7) is 4.27. The van der Waals surface area contributed by atoms with Gasteiger partial charge in [-0.1, -0.05) is 19.9 Å². The van der Waals surface area contributed by atoms with Crippen molar-refractivity contribution in [2.24, 2.45) is 0 Å². The number of rotatable bonds is 6. The summed E-state index contributed by atoms with van der Waals surface area (Å²) in [5, 5.41) is 2.62. The van der Waals surface area contributed by atoms with Crippen LogP contribution in [0.15, 0.2) is 52.3 Å². The number of carbonyl (C=O) groups excluding carboxylic acids is 1. The highest BCUT2D eigenvalue weighted by molar-refractivity contribution is 7.89. The van der Waals surface area contributed by atoms with Crippen LogP contribution in [0.1, 0.15) is 24.2 Å². The van der Waals surface area contributed by atoms with Gasteiger partial charge in [-0.2, -0.15) is 4.31 Å². The Morgan fingerprint density at radius 3 is 2.46 bits per heavy atom. The SMILES string of the molecule is CCN(CC)S(=O)(=O)c1cccc(NC(=O)c2ccc(=O)[nH]c2)c1. The van der Waals surface area contributed by atoms with Gasteiger partial charge in [0.2, 0.25) is 15.6 Å². The molecular weight excluding hydrogens is 330 g/mol. The molecule has 0 saturated heterocycles. The predicted octanol–water partition coefficient (Wildman–Crippen LogP) is 1.66. The number of H-pyrrole nitrogens is 1. The first-order chi connectivity index (χ1) is 11.4. The second-order valence-electron chi connectivity index (χ2n) is 5.01. The van der Waals surface area contributed by atoms with E-state index < -0.39 is 15.9 Å². The fourth-order valence-electron chi connectivity index (χ4n) is 2.20. The molecular formula is C16H19N3O4S. The molecule has 0 bridgehead atoms. The molecule has 0 aliphatic rings. The highest BCUT2D eigenvalue weighted by Gasteiger charge is 2.21. The molecule has 0 saturated carbocycles. The van der Waals surface area contributed by atoms with Crippen molar-refractivity contribution in [2.75, 3.05) is 18.4 Å². The molecule has 1 heterocycles. The molecule has 2 rings (SSSR count). The van der Waals surface area contributed by atoms with Crippen molar-refractivity contribution >= 4 is 21.6 Å². The number of amides is 1. The Balaban J connectivity index is 2.26. The van der Waals surface area contributed by atoms with Crippen LogP contribution in [-0.4, -0.2) is 36.7 Å². The van der Waals surface area contributed by atoms with E-state index in [1.54, 1.807) is 26.0 Å². The summed E-state index contributed by atoms with van der Waals surface area (Å²) >= 11 is 0. The number of aromatic nitrogens is 1. The number of nitrogens with zero attached hydrogens (tertiary/aromatic N) is 1. The van der Waals surface area contributed by atoms with Gasteiger partial charge in [0.1, 0.15) is 0 Å². The third-order valence-corrected chi connectivity index (χ3v) is 5.53. The van der Waals surface area contributed by atoms with Crippen LogP contribution in [0.4, 0.5) is 5.69 Å². The van der Waals surface area contributed by atoms with Gasteiger partial charge in [0.15, 0.2) is 0 Å². The van der Waals surface area contributed by atoms with E-state index in [4.69, 9.17) is 0 Å². The van der Waals surface area contributed by atoms with Gasteiger partial charge in [0.25, 0.3) is 5.91 Å². The molecule has 128 valence electrons. The first-order valence-electron chi connectivity index (χ1n) is 7.48. The lowest BCUT2D eigenvalue weighted by molar-refractivity contribution is 0.102. The standard InChI is InChI=1S/C16H19N3O4S/c1-3-19(4-2)24(22,23)14-7-5-6-13(10-14)18-16(21)12-8-9-15(20)17-11-12/h5-11H,3-4H2,1-2H3,(H,17,20)(H,18,21). The van der Waals surface area contributed by atoms with Crippen molar-refractivity contribution in [3.63, 3.8) is 0 Å². The number of anilines is 1. The average molecular weight is 349 g/mol. The number of hydrogen-bond donors (Lipinski definition) is 2. The number of benzene rings is 1. The summed E-state index contributed by atoms with van der Waals surface area (Å²) in [4.78, 5) is 25.7. The molecule has 0 atom stereocenters. The normalized spacial score (nSPS) is 11.5. The van der Waals surface area contributed by atoms with E-state index in [1.807, 2.05) is 0 Å². The molecule has 0 unspecified atom stereocenters. The molecule has 0 radical (unpaired) electrons. The molecule has 8 heteroatoms. The molecule has 24 heavy (non-hydrogen) atoms. The Morgan fingerprint density at radius 2 is 1.88 bits per heavy atom. The van der Waals surface area contributed by atoms with Crippen molar-refractivity contribution in [3.05, 3.63) is 58.5 Å². The summed E-state index contributed by atoms with van der Waals surface area (Å²) in [6, 6.07) is 8.71. The molecule has 0 aliphatic carbocycles. The van der Waals surface area contributed by atoms with Crippen LogP contribution < -0.4 is 10.9 Å². The summed E-state index contributed by atoms with van der Waals surface area (Å²) in [7, 11) is -3.60. The Bertz CT molecular complexity index is 866. The number of hydrogen-bond acceptors (Lipinski definition) is 4. The van der Waals surface area contributed by atoms with Gasteiger partial charge in [-0.25, -0.2) is 8.42 Å². The van der Waals surface area contributed by atoms with Gasteiger partial charge in [-0.05, 0) is 24.3 Å². The Hall–Kier alpha value is -2.45. The monoisotopic (exact) mass is 349 g/mol. The first kappa shape index (κ1) is 17.9. The van der Waals surface area contributed by atoms with Crippen molar-refractivity contribution in [2.45, 2.75) is 18.7 Å². The lowest BCUT2D eigenvalue weighted by Crippen LogP contribution is -2.30. The average Bonchev–Trinajstić information content (AvgIpc) is 2.56. The Kier molecular flexibility index (Phi) is 5.53. The number of pyridine rings is 1. The number of sulfonamides is 1. The van der Waals surface area contributed by atoms with Crippen LogP contribution in [0.5, 0.6) is 0 Å². The molecule has 7 nitrogen and oxygen atoms in total. The zero-order valence-corrected chi connectivity index (χ0v) is 14.3. The van der Waals surface area contributed by atoms with E-state index >= 15 is 0 Å². The van der Waals surface area contributed by atoms with Crippen LogP contribution in [0.25, 0.3) is 0 Å². The summed E-state index contributed by atoms with van der Waals surface area (Å²) < 4.78 is 26.4. The summed E-state index contributed by atoms with van der Waals surface area (Å²) in [6.07, 6.45) is 1.30. The molecule has 0 fully saturated rings. The number of nitrogens with one attached hydrogen (secondary N) is 2. The highest BCUT2D eigenvalue weighted by Crippen LogP contribution is 2.20. The minimum Gasteiger partial charge on any atom is -0.328 e.